The van der Waals surface area contributed by atoms with Gasteiger partial charge >= 0.3 is 5.69 Å². The Morgan fingerprint density at radius 3 is 2.93 bits per heavy atom. The second-order valence-electron chi connectivity index (χ2n) is 4.16. The molecule has 1 aromatic rings. The highest BCUT2D eigenvalue weighted by atomic mass is 16.1. The Kier molecular flexibility index (Phi) is 3.16. The van der Waals surface area contributed by atoms with Gasteiger partial charge in [0.15, 0.2) is 0 Å². The molecule has 1 aliphatic rings. The first-order chi connectivity index (χ1) is 7.29. The number of aryl methyl sites for hydroxylation is 1. The van der Waals surface area contributed by atoms with E-state index >= 15 is 0 Å². The van der Waals surface area contributed by atoms with Gasteiger partial charge in [-0.3, -0.25) is 0 Å². The zero-order valence-electron chi connectivity index (χ0n) is 8.83. The van der Waals surface area contributed by atoms with E-state index in [4.69, 9.17) is 5.73 Å². The molecule has 0 spiro atoms. The average Bonchev–Trinajstić information content (AvgIpc) is 2.11. The molecule has 1 saturated carbocycles. The Morgan fingerprint density at radius 1 is 1.53 bits per heavy atom. The Hall–Kier alpha value is -1.16. The van der Waals surface area contributed by atoms with Crippen LogP contribution in [0, 0.1) is 0 Å². The minimum Gasteiger partial charge on any atom is -0.330 e. The van der Waals surface area contributed by atoms with Gasteiger partial charge in [0, 0.05) is 11.6 Å². The molecule has 0 aromatic carbocycles. The van der Waals surface area contributed by atoms with Crippen molar-refractivity contribution in [3.05, 3.63) is 27.9 Å². The van der Waals surface area contributed by atoms with Crippen molar-refractivity contribution in [2.24, 2.45) is 5.73 Å². The maximum absolute atomic E-state index is 11.3. The largest absolute Gasteiger partial charge is 0.345 e. The zero-order valence-corrected chi connectivity index (χ0v) is 8.83. The molecule has 0 aliphatic heterocycles. The van der Waals surface area contributed by atoms with Gasteiger partial charge in [-0.1, -0.05) is 6.42 Å². The molecule has 1 fully saturated rings. The summed E-state index contributed by atoms with van der Waals surface area (Å²) in [5.74, 6) is 0.518. The smallest absolute Gasteiger partial charge is 0.330 e. The molecule has 4 nitrogen and oxygen atoms in total. The predicted octanol–water partition coefficient (Wildman–Crippen LogP) is 0.929. The van der Waals surface area contributed by atoms with Gasteiger partial charge in [-0.25, -0.2) is 4.79 Å². The van der Waals surface area contributed by atoms with Crippen molar-refractivity contribution in [2.45, 2.75) is 38.0 Å². The van der Waals surface area contributed by atoms with Gasteiger partial charge in [0.05, 0.1) is 5.69 Å². The molecule has 1 aromatic heterocycles. The average molecular weight is 207 g/mol. The van der Waals surface area contributed by atoms with Crippen LogP contribution >= 0.6 is 0 Å². The van der Waals surface area contributed by atoms with Crippen molar-refractivity contribution >= 4 is 0 Å². The molecule has 0 saturated heterocycles. The summed E-state index contributed by atoms with van der Waals surface area (Å²) in [6.07, 6.45) is 5.36. The van der Waals surface area contributed by atoms with Crippen molar-refractivity contribution in [3.8, 4) is 0 Å². The summed E-state index contributed by atoms with van der Waals surface area (Å²) in [6.45, 7) is 0.656. The van der Waals surface area contributed by atoms with Gasteiger partial charge in [0.25, 0.3) is 0 Å². The van der Waals surface area contributed by atoms with Gasteiger partial charge in [0.1, 0.15) is 0 Å². The van der Waals surface area contributed by atoms with E-state index in [-0.39, 0.29) is 5.69 Å². The number of nitrogens with one attached hydrogen (secondary N) is 1. The normalized spacial score (nSPS) is 16.3. The third-order valence-corrected chi connectivity index (χ3v) is 2.99. The summed E-state index contributed by atoms with van der Waals surface area (Å²) in [6, 6.07) is 2.03. The molecule has 3 N–H and O–H groups in total. The van der Waals surface area contributed by atoms with Gasteiger partial charge in [-0.2, -0.15) is 4.98 Å². The summed E-state index contributed by atoms with van der Waals surface area (Å²) >= 11 is 0. The summed E-state index contributed by atoms with van der Waals surface area (Å²) in [7, 11) is 0. The van der Waals surface area contributed by atoms with Crippen LogP contribution in [-0.2, 0) is 6.42 Å². The van der Waals surface area contributed by atoms with E-state index in [0.29, 0.717) is 12.5 Å². The fraction of sp³-hybridized carbons (Fsp3) is 0.636. The van der Waals surface area contributed by atoms with Crippen LogP contribution in [0.2, 0.25) is 0 Å². The van der Waals surface area contributed by atoms with Crippen molar-refractivity contribution < 1.29 is 0 Å². The maximum atomic E-state index is 11.3. The number of nitrogens with two attached hydrogens (primary N) is 1. The van der Waals surface area contributed by atoms with Crippen LogP contribution in [0.3, 0.4) is 0 Å². The van der Waals surface area contributed by atoms with E-state index in [1.807, 2.05) is 6.07 Å². The number of hydrogen-bond acceptors (Lipinski definition) is 3. The minimum absolute atomic E-state index is 0.216. The Balaban J connectivity index is 2.16. The van der Waals surface area contributed by atoms with Gasteiger partial charge in [0.2, 0.25) is 0 Å². The Labute approximate surface area is 88.9 Å². The minimum atomic E-state index is -0.216. The predicted molar refractivity (Wildman–Crippen MR) is 58.8 cm³/mol. The van der Waals surface area contributed by atoms with Crippen molar-refractivity contribution in [1.82, 2.24) is 9.97 Å². The summed E-state index contributed by atoms with van der Waals surface area (Å²) < 4.78 is 0. The SMILES string of the molecule is NCCCc1cc(C2CCC2)nc(=O)[nH]1. The molecular weight excluding hydrogens is 190 g/mol. The third kappa shape index (κ3) is 2.45. The number of aromatic amines is 1. The van der Waals surface area contributed by atoms with E-state index in [1.54, 1.807) is 0 Å². The van der Waals surface area contributed by atoms with E-state index in [0.717, 1.165) is 24.2 Å². The monoisotopic (exact) mass is 207 g/mol. The second kappa shape index (κ2) is 4.57. The fourth-order valence-corrected chi connectivity index (χ4v) is 1.87. The highest BCUT2D eigenvalue weighted by molar-refractivity contribution is 5.15. The number of aromatic nitrogens is 2. The van der Waals surface area contributed by atoms with E-state index in [2.05, 4.69) is 9.97 Å². The highest BCUT2D eigenvalue weighted by Gasteiger charge is 2.21. The second-order valence-corrected chi connectivity index (χ2v) is 4.16. The van der Waals surface area contributed by atoms with Crippen LogP contribution in [0.4, 0.5) is 0 Å². The summed E-state index contributed by atoms with van der Waals surface area (Å²) in [4.78, 5) is 18.1. The van der Waals surface area contributed by atoms with E-state index in [9.17, 15) is 4.79 Å². The molecule has 0 radical (unpaired) electrons. The Morgan fingerprint density at radius 2 is 2.33 bits per heavy atom. The van der Waals surface area contributed by atoms with Gasteiger partial charge in [-0.15, -0.1) is 0 Å². The lowest BCUT2D eigenvalue weighted by Gasteiger charge is -2.24. The molecule has 0 bridgehead atoms. The number of nitrogens with zero attached hydrogens (tertiary/aromatic N) is 1. The highest BCUT2D eigenvalue weighted by Crippen LogP contribution is 2.34. The topological polar surface area (TPSA) is 71.8 Å². The molecule has 82 valence electrons. The van der Waals surface area contributed by atoms with Crippen molar-refractivity contribution in [1.29, 1.82) is 0 Å². The van der Waals surface area contributed by atoms with E-state index < -0.39 is 0 Å². The first-order valence-corrected chi connectivity index (χ1v) is 5.60. The number of rotatable bonds is 4. The quantitative estimate of drug-likeness (QED) is 0.771. The lowest BCUT2D eigenvalue weighted by Crippen LogP contribution is -2.20. The lowest BCUT2D eigenvalue weighted by molar-refractivity contribution is 0.409. The standard InChI is InChI=1S/C11H17N3O/c12-6-2-5-9-7-10(8-3-1-4-8)14-11(15)13-9/h7-8H,1-6,12H2,(H,13,14,15). The first kappa shape index (κ1) is 10.4. The van der Waals surface area contributed by atoms with Crippen LogP contribution in [0.1, 0.15) is 43.0 Å². The molecule has 0 unspecified atom stereocenters. The van der Waals surface area contributed by atoms with Gasteiger partial charge in [-0.05, 0) is 38.3 Å². The van der Waals surface area contributed by atoms with Crippen LogP contribution in [0.5, 0.6) is 0 Å². The van der Waals surface area contributed by atoms with Crippen molar-refractivity contribution in [2.75, 3.05) is 6.54 Å². The molecule has 4 heteroatoms. The van der Waals surface area contributed by atoms with Crippen LogP contribution in [0.25, 0.3) is 0 Å². The third-order valence-electron chi connectivity index (χ3n) is 2.99. The van der Waals surface area contributed by atoms with Crippen molar-refractivity contribution in [3.63, 3.8) is 0 Å². The number of hydrogen-bond donors (Lipinski definition) is 2. The molecular formula is C11H17N3O. The fourth-order valence-electron chi connectivity index (χ4n) is 1.87. The molecule has 1 aliphatic carbocycles. The molecule has 0 atom stereocenters. The van der Waals surface area contributed by atoms with Crippen LogP contribution in [0.15, 0.2) is 10.9 Å². The van der Waals surface area contributed by atoms with Crippen LogP contribution < -0.4 is 11.4 Å². The van der Waals surface area contributed by atoms with E-state index in [1.165, 1.54) is 19.3 Å². The molecule has 0 amide bonds. The molecule has 2 rings (SSSR count). The summed E-state index contributed by atoms with van der Waals surface area (Å²) in [5.41, 5.74) is 7.17. The molecule has 1 heterocycles. The first-order valence-electron chi connectivity index (χ1n) is 5.60. The maximum Gasteiger partial charge on any atom is 0.345 e. The number of H-pyrrole nitrogens is 1. The van der Waals surface area contributed by atoms with Crippen LogP contribution in [-0.4, -0.2) is 16.5 Å². The lowest BCUT2D eigenvalue weighted by atomic mass is 9.82. The Bertz CT molecular complexity index is 382. The van der Waals surface area contributed by atoms with Gasteiger partial charge < -0.3 is 10.7 Å². The summed E-state index contributed by atoms with van der Waals surface area (Å²) in [5, 5.41) is 0. The zero-order chi connectivity index (χ0) is 10.7. The molecule has 15 heavy (non-hydrogen) atoms.